The fourth-order valence-electron chi connectivity index (χ4n) is 3.84. The van der Waals surface area contributed by atoms with Crippen molar-refractivity contribution in [2.24, 2.45) is 11.3 Å². The number of Topliss-reactive ketones (excluding diaryl/α,β-unsaturated/α-hetero) is 1. The minimum absolute atomic E-state index is 0.0111. The quantitative estimate of drug-likeness (QED) is 0.630. The van der Waals surface area contributed by atoms with Crippen molar-refractivity contribution in [1.29, 1.82) is 0 Å². The molecule has 1 aliphatic rings. The first-order chi connectivity index (χ1) is 10.9. The monoisotopic (exact) mass is 338 g/mol. The van der Waals surface area contributed by atoms with Gasteiger partial charge in [0.2, 0.25) is 0 Å². The topological polar surface area (TPSA) is 26.3 Å². The van der Waals surface area contributed by atoms with Crippen LogP contribution in [0.3, 0.4) is 0 Å². The number of ether oxygens (including phenoxy) is 1. The van der Waals surface area contributed by atoms with Gasteiger partial charge in [0.15, 0.2) is 17.3 Å². The Bertz CT molecular complexity index is 626. The maximum atomic E-state index is 14.2. The average Bonchev–Trinajstić information content (AvgIpc) is 2.51. The molecule has 23 heavy (non-hydrogen) atoms. The van der Waals surface area contributed by atoms with Gasteiger partial charge in [-0.05, 0) is 43.2 Å². The highest BCUT2D eigenvalue weighted by atomic mass is 35.5. The van der Waals surface area contributed by atoms with Crippen LogP contribution >= 0.6 is 11.6 Å². The number of carbonyl (C=O) groups excluding carboxylic acids is 1. The van der Waals surface area contributed by atoms with Gasteiger partial charge in [0.1, 0.15) is 0 Å². The van der Waals surface area contributed by atoms with E-state index in [2.05, 4.69) is 20.4 Å². The Balaban J connectivity index is 2.56. The van der Waals surface area contributed by atoms with Crippen LogP contribution in [0.5, 0.6) is 5.75 Å². The van der Waals surface area contributed by atoms with E-state index >= 15 is 0 Å². The molecule has 0 aromatic heterocycles. The van der Waals surface area contributed by atoms with Gasteiger partial charge in [0.05, 0.1) is 12.1 Å². The Morgan fingerprint density at radius 3 is 2.83 bits per heavy atom. The van der Waals surface area contributed by atoms with Crippen LogP contribution in [0.1, 0.15) is 55.5 Å². The third kappa shape index (κ3) is 2.91. The molecule has 0 aliphatic heterocycles. The highest BCUT2D eigenvalue weighted by molar-refractivity contribution is 6.33. The normalized spacial score (nSPS) is 21.7. The number of carbonyl (C=O) groups is 1. The van der Waals surface area contributed by atoms with Gasteiger partial charge in [0.25, 0.3) is 0 Å². The van der Waals surface area contributed by atoms with Crippen molar-refractivity contribution in [3.05, 3.63) is 40.7 Å². The molecule has 0 heterocycles. The van der Waals surface area contributed by atoms with E-state index in [1.165, 1.54) is 13.2 Å². The fourth-order valence-corrected chi connectivity index (χ4v) is 4.20. The van der Waals surface area contributed by atoms with Crippen LogP contribution in [0.15, 0.2) is 18.7 Å². The van der Waals surface area contributed by atoms with Crippen molar-refractivity contribution in [3.8, 4) is 5.75 Å². The van der Waals surface area contributed by atoms with Crippen LogP contribution in [0.2, 0.25) is 5.02 Å². The summed E-state index contributed by atoms with van der Waals surface area (Å²) in [6, 6.07) is 1.29. The van der Waals surface area contributed by atoms with Gasteiger partial charge in [-0.25, -0.2) is 4.39 Å². The summed E-state index contributed by atoms with van der Waals surface area (Å²) in [4.78, 5) is 13.2. The molecule has 4 heteroatoms. The van der Waals surface area contributed by atoms with Crippen LogP contribution < -0.4 is 4.74 Å². The fraction of sp³-hybridized carbons (Fsp3) is 0.526. The third-order valence-corrected chi connectivity index (χ3v) is 5.57. The molecule has 1 aromatic rings. The molecule has 2 rings (SSSR count). The predicted molar refractivity (Wildman–Crippen MR) is 91.9 cm³/mol. The van der Waals surface area contributed by atoms with Gasteiger partial charge < -0.3 is 4.74 Å². The third-order valence-electron chi connectivity index (χ3n) is 5.17. The Morgan fingerprint density at radius 1 is 1.57 bits per heavy atom. The summed E-state index contributed by atoms with van der Waals surface area (Å²) in [6.07, 6.45) is 5.74. The van der Waals surface area contributed by atoms with Crippen molar-refractivity contribution in [2.75, 3.05) is 7.11 Å². The van der Waals surface area contributed by atoms with Gasteiger partial charge in [-0.15, -0.1) is 6.58 Å². The smallest absolute Gasteiger partial charge is 0.173 e. The predicted octanol–water partition coefficient (Wildman–Crippen LogP) is 5.62. The molecule has 0 radical (unpaired) electrons. The van der Waals surface area contributed by atoms with E-state index < -0.39 is 11.2 Å². The Hall–Kier alpha value is -1.35. The molecule has 1 aliphatic carbocycles. The minimum Gasteiger partial charge on any atom is -0.492 e. The van der Waals surface area contributed by atoms with Crippen molar-refractivity contribution in [2.45, 2.75) is 46.0 Å². The van der Waals surface area contributed by atoms with Crippen LogP contribution in [-0.2, 0) is 6.42 Å². The standard InChI is InChI=1S/C19H24ClFO2/c1-5-7-12(3)19(9-6-2)10-8-13-14(18(19)22)11-15(21)17(23-4)16(13)20/h6,11-12H,2,5,7-10H2,1,3-4H3/t12-,19?/m0/s1. The average molecular weight is 339 g/mol. The zero-order chi connectivity index (χ0) is 17.2. The summed E-state index contributed by atoms with van der Waals surface area (Å²) in [7, 11) is 1.38. The van der Waals surface area contributed by atoms with Crippen molar-refractivity contribution in [3.63, 3.8) is 0 Å². The second kappa shape index (κ2) is 7.04. The summed E-state index contributed by atoms with van der Waals surface area (Å²) in [6.45, 7) is 8.04. The van der Waals surface area contributed by atoms with Gasteiger partial charge in [-0.3, -0.25) is 4.79 Å². The lowest BCUT2D eigenvalue weighted by Crippen LogP contribution is -2.41. The van der Waals surface area contributed by atoms with Gasteiger partial charge in [-0.1, -0.05) is 37.9 Å². The highest BCUT2D eigenvalue weighted by Crippen LogP contribution is 2.49. The second-order valence-corrected chi connectivity index (χ2v) is 6.78. The van der Waals surface area contributed by atoms with Crippen LogP contribution in [0.25, 0.3) is 0 Å². The molecule has 1 aromatic carbocycles. The molecule has 0 spiro atoms. The second-order valence-electron chi connectivity index (χ2n) is 6.40. The number of benzene rings is 1. The zero-order valence-electron chi connectivity index (χ0n) is 14.0. The summed E-state index contributed by atoms with van der Waals surface area (Å²) in [5, 5.41) is 0.228. The van der Waals surface area contributed by atoms with Gasteiger partial charge >= 0.3 is 0 Å². The summed E-state index contributed by atoms with van der Waals surface area (Å²) in [5.41, 5.74) is 0.609. The van der Waals surface area contributed by atoms with Crippen LogP contribution in [-0.4, -0.2) is 12.9 Å². The lowest BCUT2D eigenvalue weighted by molar-refractivity contribution is 0.0622. The van der Waals surface area contributed by atoms with E-state index in [9.17, 15) is 9.18 Å². The molecule has 2 atom stereocenters. The summed E-state index contributed by atoms with van der Waals surface area (Å²) in [5.74, 6) is -0.351. The molecule has 0 amide bonds. The first kappa shape index (κ1) is 18.0. The molecule has 1 unspecified atom stereocenters. The summed E-state index contributed by atoms with van der Waals surface area (Å²) < 4.78 is 19.2. The molecule has 0 fully saturated rings. The Kier molecular flexibility index (Phi) is 5.51. The largest absolute Gasteiger partial charge is 0.492 e. The number of hydrogen-bond donors (Lipinski definition) is 0. The van der Waals surface area contributed by atoms with Gasteiger partial charge in [0, 0.05) is 11.0 Å². The molecule has 0 N–H and O–H groups in total. The maximum absolute atomic E-state index is 14.2. The number of fused-ring (bicyclic) bond motifs is 1. The molecule has 0 saturated carbocycles. The Morgan fingerprint density at radius 2 is 2.26 bits per heavy atom. The van der Waals surface area contributed by atoms with E-state index in [1.807, 2.05) is 0 Å². The van der Waals surface area contributed by atoms with Crippen LogP contribution in [0.4, 0.5) is 4.39 Å². The SMILES string of the molecule is C=CCC1([C@@H](C)CCC)CCc2c(cc(F)c(OC)c2Cl)C1=O. The molecular formula is C19H24ClFO2. The minimum atomic E-state index is -0.581. The summed E-state index contributed by atoms with van der Waals surface area (Å²) >= 11 is 6.27. The van der Waals surface area contributed by atoms with Crippen molar-refractivity contribution < 1.29 is 13.9 Å². The first-order valence-corrected chi connectivity index (χ1v) is 8.51. The van der Waals surface area contributed by atoms with E-state index in [0.29, 0.717) is 30.4 Å². The lowest BCUT2D eigenvalue weighted by atomic mass is 9.61. The lowest BCUT2D eigenvalue weighted by Gasteiger charge is -2.41. The number of hydrogen-bond acceptors (Lipinski definition) is 2. The molecular weight excluding hydrogens is 315 g/mol. The van der Waals surface area contributed by atoms with E-state index in [4.69, 9.17) is 16.3 Å². The maximum Gasteiger partial charge on any atom is 0.173 e. The van der Waals surface area contributed by atoms with Crippen LogP contribution in [0, 0.1) is 17.2 Å². The molecule has 126 valence electrons. The zero-order valence-corrected chi connectivity index (χ0v) is 14.8. The Labute approximate surface area is 142 Å². The molecule has 0 saturated heterocycles. The number of ketones is 1. The van der Waals surface area contributed by atoms with Crippen molar-refractivity contribution >= 4 is 17.4 Å². The number of halogens is 2. The first-order valence-electron chi connectivity index (χ1n) is 8.13. The number of methoxy groups -OCH3 is 1. The number of rotatable bonds is 6. The van der Waals surface area contributed by atoms with Crippen molar-refractivity contribution in [1.82, 2.24) is 0 Å². The number of allylic oxidation sites excluding steroid dienone is 1. The van der Waals surface area contributed by atoms with Gasteiger partial charge in [-0.2, -0.15) is 0 Å². The van der Waals surface area contributed by atoms with E-state index in [0.717, 1.165) is 12.8 Å². The highest BCUT2D eigenvalue weighted by Gasteiger charge is 2.46. The van der Waals surface area contributed by atoms with E-state index in [1.54, 1.807) is 6.08 Å². The molecule has 0 bridgehead atoms. The van der Waals surface area contributed by atoms with E-state index in [-0.39, 0.29) is 22.5 Å². The molecule has 2 nitrogen and oxygen atoms in total.